The van der Waals surface area contributed by atoms with Gasteiger partial charge in [-0.15, -0.1) is 12.4 Å². The van der Waals surface area contributed by atoms with Crippen LogP contribution in [-0.2, 0) is 4.79 Å². The number of hydrogen-bond donors (Lipinski definition) is 1. The quantitative estimate of drug-likeness (QED) is 0.804. The molecule has 2 aliphatic rings. The largest absolute Gasteiger partial charge is 0.339 e. The topological polar surface area (TPSA) is 66.6 Å². The molecule has 1 saturated carbocycles. The lowest BCUT2D eigenvalue weighted by Crippen LogP contribution is -2.51. The Morgan fingerprint density at radius 2 is 1.58 bits per heavy atom. The van der Waals surface area contributed by atoms with Crippen molar-refractivity contribution in [3.63, 3.8) is 0 Å². The Kier molecular flexibility index (Phi) is 6.66. The number of piperazine rings is 1. The number of halogens is 2. The number of benzene rings is 1. The fourth-order valence-electron chi connectivity index (χ4n) is 3.40. The SMILES string of the molecule is Cl.NC1CCC(C(=O)N2CCN(C(=O)c3ccc(Br)cc3)CC2)C1. The highest BCUT2D eigenvalue weighted by Crippen LogP contribution is 2.26. The average molecular weight is 417 g/mol. The van der Waals surface area contributed by atoms with Crippen LogP contribution >= 0.6 is 28.3 Å². The molecule has 1 saturated heterocycles. The van der Waals surface area contributed by atoms with Crippen LogP contribution in [0.15, 0.2) is 28.7 Å². The van der Waals surface area contributed by atoms with E-state index < -0.39 is 0 Å². The van der Waals surface area contributed by atoms with E-state index in [0.29, 0.717) is 31.7 Å². The molecule has 1 aliphatic heterocycles. The highest BCUT2D eigenvalue weighted by atomic mass is 79.9. The van der Waals surface area contributed by atoms with Crippen molar-refractivity contribution in [3.05, 3.63) is 34.3 Å². The van der Waals surface area contributed by atoms with E-state index in [9.17, 15) is 9.59 Å². The molecule has 1 aliphatic carbocycles. The van der Waals surface area contributed by atoms with E-state index in [-0.39, 0.29) is 36.2 Å². The Hall–Kier alpha value is -1.11. The second kappa shape index (κ2) is 8.32. The molecule has 2 fully saturated rings. The minimum atomic E-state index is 0. The van der Waals surface area contributed by atoms with Gasteiger partial charge in [-0.05, 0) is 43.5 Å². The highest BCUT2D eigenvalue weighted by molar-refractivity contribution is 9.10. The fraction of sp³-hybridized carbons (Fsp3) is 0.529. The van der Waals surface area contributed by atoms with Crippen LogP contribution in [0.25, 0.3) is 0 Å². The van der Waals surface area contributed by atoms with E-state index in [4.69, 9.17) is 5.73 Å². The zero-order valence-corrected chi connectivity index (χ0v) is 15.9. The van der Waals surface area contributed by atoms with Gasteiger partial charge < -0.3 is 15.5 Å². The first kappa shape index (κ1) is 19.2. The van der Waals surface area contributed by atoms with Crippen LogP contribution in [-0.4, -0.2) is 53.8 Å². The summed E-state index contributed by atoms with van der Waals surface area (Å²) in [7, 11) is 0. The molecule has 0 aromatic heterocycles. The first-order chi connectivity index (χ1) is 11.0. The van der Waals surface area contributed by atoms with Crippen molar-refractivity contribution in [2.45, 2.75) is 25.3 Å². The van der Waals surface area contributed by atoms with Gasteiger partial charge in [-0.2, -0.15) is 0 Å². The molecule has 2 unspecified atom stereocenters. The summed E-state index contributed by atoms with van der Waals surface area (Å²) in [5, 5.41) is 0. The number of amides is 2. The Morgan fingerprint density at radius 1 is 1.00 bits per heavy atom. The van der Waals surface area contributed by atoms with Crippen molar-refractivity contribution >= 4 is 40.2 Å². The molecule has 132 valence electrons. The molecule has 1 aromatic rings. The minimum Gasteiger partial charge on any atom is -0.339 e. The van der Waals surface area contributed by atoms with Gasteiger partial charge in [0.1, 0.15) is 0 Å². The van der Waals surface area contributed by atoms with Crippen molar-refractivity contribution in [2.24, 2.45) is 11.7 Å². The van der Waals surface area contributed by atoms with Crippen LogP contribution in [0.3, 0.4) is 0 Å². The number of carbonyl (C=O) groups is 2. The van der Waals surface area contributed by atoms with Crippen molar-refractivity contribution in [1.82, 2.24) is 9.80 Å². The summed E-state index contributed by atoms with van der Waals surface area (Å²) in [4.78, 5) is 28.7. The molecular weight excluding hydrogens is 394 g/mol. The normalized spacial score (nSPS) is 23.8. The second-order valence-corrected chi connectivity index (χ2v) is 7.31. The smallest absolute Gasteiger partial charge is 0.253 e. The predicted molar refractivity (Wildman–Crippen MR) is 99.2 cm³/mol. The van der Waals surface area contributed by atoms with Gasteiger partial charge in [0.05, 0.1) is 0 Å². The molecule has 7 heteroatoms. The first-order valence-corrected chi connectivity index (χ1v) is 8.93. The summed E-state index contributed by atoms with van der Waals surface area (Å²) in [5.41, 5.74) is 6.59. The molecular formula is C17H23BrClN3O2. The molecule has 3 rings (SSSR count). The van der Waals surface area contributed by atoms with Crippen LogP contribution < -0.4 is 5.73 Å². The van der Waals surface area contributed by atoms with Crippen LogP contribution in [0, 0.1) is 5.92 Å². The van der Waals surface area contributed by atoms with Crippen LogP contribution in [0.1, 0.15) is 29.6 Å². The summed E-state index contributed by atoms with van der Waals surface area (Å²) in [5.74, 6) is 0.333. The average Bonchev–Trinajstić information content (AvgIpc) is 3.01. The fourth-order valence-corrected chi connectivity index (χ4v) is 3.67. The van der Waals surface area contributed by atoms with Gasteiger partial charge in [0.25, 0.3) is 5.91 Å². The first-order valence-electron chi connectivity index (χ1n) is 8.14. The molecule has 2 amide bonds. The third-order valence-corrected chi connectivity index (χ3v) is 5.32. The van der Waals surface area contributed by atoms with E-state index in [1.165, 1.54) is 0 Å². The second-order valence-electron chi connectivity index (χ2n) is 6.39. The van der Waals surface area contributed by atoms with Gasteiger partial charge in [-0.25, -0.2) is 0 Å². The number of hydrogen-bond acceptors (Lipinski definition) is 3. The lowest BCUT2D eigenvalue weighted by Gasteiger charge is -2.36. The maximum absolute atomic E-state index is 12.5. The Balaban J connectivity index is 0.00000208. The molecule has 5 nitrogen and oxygen atoms in total. The summed E-state index contributed by atoms with van der Waals surface area (Å²) < 4.78 is 0.958. The zero-order valence-electron chi connectivity index (χ0n) is 13.5. The molecule has 2 N–H and O–H groups in total. The van der Waals surface area contributed by atoms with Gasteiger partial charge in [0, 0.05) is 48.2 Å². The van der Waals surface area contributed by atoms with Crippen molar-refractivity contribution < 1.29 is 9.59 Å². The van der Waals surface area contributed by atoms with Gasteiger partial charge in [-0.1, -0.05) is 15.9 Å². The van der Waals surface area contributed by atoms with E-state index in [1.807, 2.05) is 34.1 Å². The van der Waals surface area contributed by atoms with E-state index in [1.54, 1.807) is 0 Å². The van der Waals surface area contributed by atoms with Gasteiger partial charge in [0.2, 0.25) is 5.91 Å². The third kappa shape index (κ3) is 4.29. The maximum Gasteiger partial charge on any atom is 0.253 e. The summed E-state index contributed by atoms with van der Waals surface area (Å²) in [6.45, 7) is 2.43. The Labute approximate surface area is 157 Å². The minimum absolute atomic E-state index is 0. The summed E-state index contributed by atoms with van der Waals surface area (Å²) in [6, 6.07) is 7.56. The lowest BCUT2D eigenvalue weighted by molar-refractivity contribution is -0.136. The van der Waals surface area contributed by atoms with Crippen molar-refractivity contribution in [1.29, 1.82) is 0 Å². The highest BCUT2D eigenvalue weighted by Gasteiger charge is 2.33. The number of rotatable bonds is 2. The van der Waals surface area contributed by atoms with E-state index in [0.717, 1.165) is 23.7 Å². The molecule has 1 heterocycles. The van der Waals surface area contributed by atoms with Gasteiger partial charge in [0.15, 0.2) is 0 Å². The number of nitrogens with zero attached hydrogens (tertiary/aromatic N) is 2. The van der Waals surface area contributed by atoms with Gasteiger partial charge >= 0.3 is 0 Å². The molecule has 0 spiro atoms. The van der Waals surface area contributed by atoms with E-state index in [2.05, 4.69) is 15.9 Å². The van der Waals surface area contributed by atoms with Crippen molar-refractivity contribution in [3.8, 4) is 0 Å². The van der Waals surface area contributed by atoms with E-state index >= 15 is 0 Å². The molecule has 1 aromatic carbocycles. The van der Waals surface area contributed by atoms with Crippen LogP contribution in [0.5, 0.6) is 0 Å². The third-order valence-electron chi connectivity index (χ3n) is 4.79. The maximum atomic E-state index is 12.5. The lowest BCUT2D eigenvalue weighted by atomic mass is 10.1. The monoisotopic (exact) mass is 415 g/mol. The van der Waals surface area contributed by atoms with Gasteiger partial charge in [-0.3, -0.25) is 9.59 Å². The number of nitrogens with two attached hydrogens (primary N) is 1. The molecule has 24 heavy (non-hydrogen) atoms. The Morgan fingerprint density at radius 3 is 2.12 bits per heavy atom. The standard InChI is InChI=1S/C17H22BrN3O2.ClH/c18-14-4-1-12(2-5-14)16(22)20-7-9-21(10-8-20)17(23)13-3-6-15(19)11-13;/h1-2,4-5,13,15H,3,6-11,19H2;1H. The van der Waals surface area contributed by atoms with Crippen molar-refractivity contribution in [2.75, 3.05) is 26.2 Å². The zero-order chi connectivity index (χ0) is 16.4. The predicted octanol–water partition coefficient (Wildman–Crippen LogP) is 2.28. The van der Waals surface area contributed by atoms with Crippen LogP contribution in [0.2, 0.25) is 0 Å². The number of carbonyl (C=O) groups excluding carboxylic acids is 2. The van der Waals surface area contributed by atoms with Crippen LogP contribution in [0.4, 0.5) is 0 Å². The molecule has 0 radical (unpaired) electrons. The molecule has 2 atom stereocenters. The summed E-state index contributed by atoms with van der Waals surface area (Å²) in [6.07, 6.45) is 2.65. The molecule has 0 bridgehead atoms. The summed E-state index contributed by atoms with van der Waals surface area (Å²) >= 11 is 3.37. The Bertz CT molecular complexity index is 588.